The minimum atomic E-state index is 0.854. The maximum atomic E-state index is 4.87. The van der Waals surface area contributed by atoms with Crippen LogP contribution in [0.15, 0.2) is 76.0 Å². The SMILES string of the molecule is Ic1ccc(SC=CC(=Nc2ccccc2)SCC2CCCCC2)cc1. The minimum absolute atomic E-state index is 0.854. The number of para-hydroxylation sites is 1. The third-order valence-electron chi connectivity index (χ3n) is 4.42. The Bertz CT molecular complexity index is 720. The van der Waals surface area contributed by atoms with Crippen LogP contribution in [0.2, 0.25) is 0 Å². The molecule has 0 amide bonds. The fraction of sp³-hybridized carbons (Fsp3) is 0.318. The van der Waals surface area contributed by atoms with E-state index in [9.17, 15) is 0 Å². The summed E-state index contributed by atoms with van der Waals surface area (Å²) < 4.78 is 1.27. The van der Waals surface area contributed by atoms with Gasteiger partial charge in [-0.2, -0.15) is 0 Å². The molecule has 0 saturated heterocycles. The van der Waals surface area contributed by atoms with E-state index < -0.39 is 0 Å². The molecule has 26 heavy (non-hydrogen) atoms. The minimum Gasteiger partial charge on any atom is -0.242 e. The van der Waals surface area contributed by atoms with Crippen LogP contribution in [0.25, 0.3) is 0 Å². The van der Waals surface area contributed by atoms with E-state index in [1.807, 2.05) is 30.0 Å². The first-order chi connectivity index (χ1) is 12.8. The van der Waals surface area contributed by atoms with E-state index >= 15 is 0 Å². The molecule has 0 unspecified atom stereocenters. The van der Waals surface area contributed by atoms with Crippen molar-refractivity contribution in [2.75, 3.05) is 5.75 Å². The summed E-state index contributed by atoms with van der Waals surface area (Å²) in [6, 6.07) is 18.9. The van der Waals surface area contributed by atoms with Crippen LogP contribution in [0.4, 0.5) is 5.69 Å². The molecule has 0 radical (unpaired) electrons. The lowest BCUT2D eigenvalue weighted by Crippen LogP contribution is -2.09. The Balaban J connectivity index is 1.64. The molecule has 0 aromatic heterocycles. The quantitative estimate of drug-likeness (QED) is 0.175. The zero-order chi connectivity index (χ0) is 18.0. The van der Waals surface area contributed by atoms with Gasteiger partial charge in [-0.25, -0.2) is 4.99 Å². The summed E-state index contributed by atoms with van der Waals surface area (Å²) in [4.78, 5) is 6.13. The predicted molar refractivity (Wildman–Crippen MR) is 127 cm³/mol. The van der Waals surface area contributed by atoms with Crippen molar-refractivity contribution in [3.05, 3.63) is 69.7 Å². The van der Waals surface area contributed by atoms with Gasteiger partial charge in [-0.15, -0.1) is 11.8 Å². The average molecular weight is 493 g/mol. The predicted octanol–water partition coefficient (Wildman–Crippen LogP) is 7.94. The lowest BCUT2D eigenvalue weighted by atomic mass is 9.91. The first-order valence-electron chi connectivity index (χ1n) is 9.15. The molecular weight excluding hydrogens is 469 g/mol. The highest BCUT2D eigenvalue weighted by molar-refractivity contribution is 14.1. The zero-order valence-electron chi connectivity index (χ0n) is 14.8. The molecule has 0 atom stereocenters. The summed E-state index contributed by atoms with van der Waals surface area (Å²) in [7, 11) is 0. The molecule has 0 spiro atoms. The lowest BCUT2D eigenvalue weighted by molar-refractivity contribution is 0.391. The fourth-order valence-electron chi connectivity index (χ4n) is 2.99. The van der Waals surface area contributed by atoms with Crippen LogP contribution in [-0.4, -0.2) is 10.8 Å². The van der Waals surface area contributed by atoms with Gasteiger partial charge in [0, 0.05) is 14.2 Å². The van der Waals surface area contributed by atoms with Crippen LogP contribution in [0.1, 0.15) is 32.1 Å². The topological polar surface area (TPSA) is 12.4 Å². The molecular formula is C22H24INS2. The van der Waals surface area contributed by atoms with E-state index in [0.717, 1.165) is 16.6 Å². The second-order valence-electron chi connectivity index (χ2n) is 6.48. The van der Waals surface area contributed by atoms with Crippen molar-refractivity contribution in [1.82, 2.24) is 0 Å². The number of benzene rings is 2. The number of hydrogen-bond donors (Lipinski definition) is 0. The molecule has 1 fully saturated rings. The van der Waals surface area contributed by atoms with E-state index in [0.29, 0.717) is 0 Å². The molecule has 3 rings (SSSR count). The maximum Gasteiger partial charge on any atom is 0.0972 e. The Labute approximate surface area is 179 Å². The summed E-state index contributed by atoms with van der Waals surface area (Å²) in [6.45, 7) is 0. The molecule has 1 saturated carbocycles. The highest BCUT2D eigenvalue weighted by Gasteiger charge is 2.14. The first-order valence-corrected chi connectivity index (χ1v) is 12.1. The number of aliphatic imine (C=N–C) groups is 1. The molecule has 1 nitrogen and oxygen atoms in total. The Morgan fingerprint density at radius 3 is 2.46 bits per heavy atom. The van der Waals surface area contributed by atoms with E-state index in [1.165, 1.54) is 46.3 Å². The molecule has 2 aromatic carbocycles. The van der Waals surface area contributed by atoms with E-state index in [2.05, 4.69) is 70.5 Å². The summed E-state index contributed by atoms with van der Waals surface area (Å²) >= 11 is 6.00. The van der Waals surface area contributed by atoms with Crippen LogP contribution < -0.4 is 0 Å². The summed E-state index contributed by atoms with van der Waals surface area (Å²) in [5.74, 6) is 2.04. The monoisotopic (exact) mass is 493 g/mol. The number of rotatable bonds is 6. The van der Waals surface area contributed by atoms with Crippen molar-refractivity contribution >= 4 is 56.8 Å². The average Bonchev–Trinajstić information content (AvgIpc) is 2.69. The van der Waals surface area contributed by atoms with Gasteiger partial charge in [0.25, 0.3) is 0 Å². The van der Waals surface area contributed by atoms with E-state index in [4.69, 9.17) is 4.99 Å². The Morgan fingerprint density at radius 1 is 1.00 bits per heavy atom. The maximum absolute atomic E-state index is 4.87. The van der Waals surface area contributed by atoms with Crippen LogP contribution >= 0.6 is 46.1 Å². The van der Waals surface area contributed by atoms with Crippen molar-refractivity contribution < 1.29 is 0 Å². The van der Waals surface area contributed by atoms with Gasteiger partial charge in [0.15, 0.2) is 0 Å². The van der Waals surface area contributed by atoms with Crippen LogP contribution in [0, 0.1) is 9.49 Å². The van der Waals surface area contributed by atoms with E-state index in [1.54, 1.807) is 11.8 Å². The highest BCUT2D eigenvalue weighted by Crippen LogP contribution is 2.29. The Morgan fingerprint density at radius 2 is 1.73 bits per heavy atom. The normalized spacial score (nSPS) is 16.3. The summed E-state index contributed by atoms with van der Waals surface area (Å²) in [5, 5.41) is 3.28. The molecule has 0 N–H and O–H groups in total. The molecule has 2 aromatic rings. The van der Waals surface area contributed by atoms with Gasteiger partial charge >= 0.3 is 0 Å². The van der Waals surface area contributed by atoms with Crippen LogP contribution in [0.5, 0.6) is 0 Å². The van der Waals surface area contributed by atoms with E-state index in [-0.39, 0.29) is 0 Å². The van der Waals surface area contributed by atoms with Gasteiger partial charge in [0.2, 0.25) is 0 Å². The van der Waals surface area contributed by atoms with Crippen LogP contribution in [0.3, 0.4) is 0 Å². The van der Waals surface area contributed by atoms with Crippen LogP contribution in [-0.2, 0) is 0 Å². The molecule has 1 aliphatic carbocycles. The molecule has 1 aliphatic rings. The molecule has 136 valence electrons. The number of nitrogens with zero attached hydrogens (tertiary/aromatic N) is 1. The van der Waals surface area contributed by atoms with Gasteiger partial charge in [-0.05, 0) is 89.2 Å². The van der Waals surface area contributed by atoms with Crippen molar-refractivity contribution in [2.45, 2.75) is 37.0 Å². The molecule has 0 heterocycles. The Hall–Kier alpha value is -0.720. The third-order valence-corrected chi connectivity index (χ3v) is 7.11. The van der Waals surface area contributed by atoms with Gasteiger partial charge in [0.1, 0.15) is 0 Å². The van der Waals surface area contributed by atoms with Gasteiger partial charge < -0.3 is 0 Å². The zero-order valence-corrected chi connectivity index (χ0v) is 18.6. The number of thioether (sulfide) groups is 2. The summed E-state index contributed by atoms with van der Waals surface area (Å²) in [5.41, 5.74) is 1.03. The third kappa shape index (κ3) is 7.12. The van der Waals surface area contributed by atoms with Gasteiger partial charge in [-0.3, -0.25) is 0 Å². The van der Waals surface area contributed by atoms with Crippen molar-refractivity contribution in [2.24, 2.45) is 10.9 Å². The highest BCUT2D eigenvalue weighted by atomic mass is 127. The second-order valence-corrected chi connectivity index (χ2v) is 9.74. The van der Waals surface area contributed by atoms with Crippen molar-refractivity contribution in [1.29, 1.82) is 0 Å². The van der Waals surface area contributed by atoms with Gasteiger partial charge in [-0.1, -0.05) is 49.2 Å². The largest absolute Gasteiger partial charge is 0.242 e. The summed E-state index contributed by atoms with van der Waals surface area (Å²) in [6.07, 6.45) is 9.14. The number of halogens is 1. The smallest absolute Gasteiger partial charge is 0.0972 e. The lowest BCUT2D eigenvalue weighted by Gasteiger charge is -2.20. The standard InChI is InChI=1S/C22H24INS2/c23-19-11-13-21(14-12-19)25-16-15-22(24-20-9-5-2-6-10-20)26-17-18-7-3-1-4-8-18/h2,5-6,9-16,18H,1,3-4,7-8,17H2. The number of hydrogen-bond acceptors (Lipinski definition) is 3. The molecule has 4 heteroatoms. The van der Waals surface area contributed by atoms with Crippen molar-refractivity contribution in [3.63, 3.8) is 0 Å². The fourth-order valence-corrected chi connectivity index (χ4v) is 5.16. The van der Waals surface area contributed by atoms with Gasteiger partial charge in [0.05, 0.1) is 10.7 Å². The Kier molecular flexibility index (Phi) is 8.62. The molecule has 0 aliphatic heterocycles. The second kappa shape index (κ2) is 11.2. The molecule has 0 bridgehead atoms. The first kappa shape index (κ1) is 20.0. The van der Waals surface area contributed by atoms with Crippen molar-refractivity contribution in [3.8, 4) is 0 Å².